The molecule has 0 N–H and O–H groups in total. The van der Waals surface area contributed by atoms with Gasteiger partial charge >= 0.3 is 0 Å². The van der Waals surface area contributed by atoms with Crippen molar-refractivity contribution in [3.05, 3.63) is 127 Å². The average molecular weight is 622 g/mol. The second-order valence-electron chi connectivity index (χ2n) is 13.4. The number of benzene rings is 8. The van der Waals surface area contributed by atoms with Crippen LogP contribution in [0.4, 0.5) is 0 Å². The molecule has 0 unspecified atom stereocenters. The molecule has 220 valence electrons. The maximum absolute atomic E-state index is 2.48. The third-order valence-corrected chi connectivity index (χ3v) is 12.1. The van der Waals surface area contributed by atoms with Gasteiger partial charge in [0.1, 0.15) is 39.2 Å². The van der Waals surface area contributed by atoms with Crippen molar-refractivity contribution in [3.63, 3.8) is 0 Å². The summed E-state index contributed by atoms with van der Waals surface area (Å²) in [6, 6.07) is 47.6. The van der Waals surface area contributed by atoms with Crippen LogP contribution >= 0.6 is 11.3 Å². The summed E-state index contributed by atoms with van der Waals surface area (Å²) in [6.45, 7) is 0. The highest BCUT2D eigenvalue weighted by molar-refractivity contribution is 7.26. The van der Waals surface area contributed by atoms with Crippen LogP contribution in [0.5, 0.6) is 0 Å². The molecule has 1 heterocycles. The van der Waals surface area contributed by atoms with Crippen molar-refractivity contribution in [2.75, 3.05) is 0 Å². The highest BCUT2D eigenvalue weighted by Crippen LogP contribution is 2.49. The first-order chi connectivity index (χ1) is 23.4. The second-order valence-corrected chi connectivity index (χ2v) is 14.4. The van der Waals surface area contributed by atoms with E-state index in [4.69, 9.17) is 0 Å². The first-order valence-electron chi connectivity index (χ1n) is 16.9. The Bertz CT molecular complexity index is 2700. The molecular weight excluding hydrogens is 591 g/mol. The van der Waals surface area contributed by atoms with Crippen molar-refractivity contribution >= 4 is 130 Å². The fourth-order valence-corrected chi connectivity index (χ4v) is 9.42. The normalized spacial score (nSPS) is 11.8. The molecule has 0 amide bonds. The Morgan fingerprint density at radius 2 is 0.854 bits per heavy atom. The fraction of sp³-hybridized carbons (Fsp3) is 0. The molecule has 0 aliphatic rings. The summed E-state index contributed by atoms with van der Waals surface area (Å²) in [5.41, 5.74) is 14.8. The quantitative estimate of drug-likeness (QED) is 0.208. The Morgan fingerprint density at radius 1 is 0.354 bits per heavy atom. The van der Waals surface area contributed by atoms with Crippen LogP contribution in [0.1, 0.15) is 0 Å². The van der Waals surface area contributed by atoms with Crippen LogP contribution in [0.25, 0.3) is 85.9 Å². The molecule has 0 nitrogen and oxygen atoms in total. The minimum absolute atomic E-state index is 1.26. The molecular formula is C42H31B5S. The van der Waals surface area contributed by atoms with Crippen LogP contribution in [0.15, 0.2) is 127 Å². The Morgan fingerprint density at radius 3 is 1.50 bits per heavy atom. The predicted octanol–water partition coefficient (Wildman–Crippen LogP) is 3.81. The van der Waals surface area contributed by atoms with Crippen molar-refractivity contribution in [3.8, 4) is 33.4 Å². The van der Waals surface area contributed by atoms with E-state index in [-0.39, 0.29) is 0 Å². The lowest BCUT2D eigenvalue weighted by Crippen LogP contribution is -2.55. The van der Waals surface area contributed by atoms with Crippen molar-refractivity contribution in [1.29, 1.82) is 0 Å². The number of thiophene rings is 1. The van der Waals surface area contributed by atoms with Crippen molar-refractivity contribution in [2.45, 2.75) is 0 Å². The summed E-state index contributed by atoms with van der Waals surface area (Å²) in [5.74, 6) is 0. The van der Waals surface area contributed by atoms with Gasteiger partial charge in [0, 0.05) is 20.2 Å². The van der Waals surface area contributed by atoms with Gasteiger partial charge < -0.3 is 0 Å². The molecule has 6 heteroatoms. The first kappa shape index (κ1) is 29.2. The van der Waals surface area contributed by atoms with Gasteiger partial charge in [0.05, 0.1) is 0 Å². The summed E-state index contributed by atoms with van der Waals surface area (Å²) in [5, 5.41) is 10.4. The molecule has 1 aromatic heterocycles. The fourth-order valence-electron chi connectivity index (χ4n) is 8.25. The highest BCUT2D eigenvalue weighted by Gasteiger charge is 2.23. The molecule has 48 heavy (non-hydrogen) atoms. The van der Waals surface area contributed by atoms with E-state index >= 15 is 0 Å². The summed E-state index contributed by atoms with van der Waals surface area (Å²) < 4.78 is 2.65. The van der Waals surface area contributed by atoms with Crippen molar-refractivity contribution < 1.29 is 0 Å². The minimum Gasteiger partial charge on any atom is -0.135 e. The number of fused-ring (bicyclic) bond motifs is 6. The van der Waals surface area contributed by atoms with Gasteiger partial charge in [-0.1, -0.05) is 120 Å². The van der Waals surface area contributed by atoms with Crippen molar-refractivity contribution in [2.24, 2.45) is 0 Å². The summed E-state index contributed by atoms with van der Waals surface area (Å²) in [7, 11) is 11.5. The molecule has 0 aliphatic carbocycles. The van der Waals surface area contributed by atoms with Crippen LogP contribution in [0, 0.1) is 0 Å². The highest BCUT2D eigenvalue weighted by atomic mass is 32.1. The Labute approximate surface area is 289 Å². The topological polar surface area (TPSA) is 0 Å². The van der Waals surface area contributed by atoms with E-state index in [1.165, 1.54) is 113 Å². The van der Waals surface area contributed by atoms with Gasteiger partial charge in [-0.25, -0.2) is 0 Å². The third kappa shape index (κ3) is 4.22. The van der Waals surface area contributed by atoms with Gasteiger partial charge in [0.25, 0.3) is 0 Å². The van der Waals surface area contributed by atoms with E-state index in [1.54, 1.807) is 0 Å². The lowest BCUT2D eigenvalue weighted by Gasteiger charge is -2.24. The zero-order chi connectivity index (χ0) is 32.7. The maximum Gasteiger partial charge on any atom is 0.139 e. The van der Waals surface area contributed by atoms with Crippen molar-refractivity contribution in [1.82, 2.24) is 0 Å². The zero-order valence-corrected chi connectivity index (χ0v) is 28.8. The van der Waals surface area contributed by atoms with Crippen LogP contribution in [0.2, 0.25) is 0 Å². The molecule has 8 aromatic carbocycles. The Hall–Kier alpha value is -4.92. The molecule has 0 aliphatic heterocycles. The van der Waals surface area contributed by atoms with Gasteiger partial charge in [0.15, 0.2) is 0 Å². The summed E-state index contributed by atoms with van der Waals surface area (Å²) >= 11 is 1.90. The molecule has 0 bridgehead atoms. The van der Waals surface area contributed by atoms with E-state index in [1.807, 2.05) is 11.3 Å². The SMILES string of the molecule is Bc1c(B)c(B)c(-c2c3ccccc3c(-c3cc(-c4cccc5ccccc45)cc4sc5ccccc5c34)c3ccccc23)c(B)c1B. The standard InChI is InChI=1S/C42H31B5S/c43-38-37(39(44)41(46)42(47)40(38)45)36-28-15-5-3-13-26(28)34(27-14-4-6-16-29(27)36)31-20-23(25-18-9-11-22-10-1-2-12-24(22)25)21-33-35(31)30-17-7-8-19-32(30)48-33/h1-21H,43-47H2. The minimum atomic E-state index is 1.26. The van der Waals surface area contributed by atoms with E-state index in [0.717, 1.165) is 0 Å². The molecule has 0 saturated carbocycles. The van der Waals surface area contributed by atoms with Crippen LogP contribution in [-0.2, 0) is 0 Å². The molecule has 0 spiro atoms. The van der Waals surface area contributed by atoms with E-state index in [0.29, 0.717) is 0 Å². The monoisotopic (exact) mass is 622 g/mol. The molecule has 0 radical (unpaired) electrons. The van der Waals surface area contributed by atoms with Gasteiger partial charge in [-0.15, -0.1) is 27.7 Å². The van der Waals surface area contributed by atoms with Gasteiger partial charge in [-0.3, -0.25) is 0 Å². The number of rotatable bonds is 3. The molecule has 0 saturated heterocycles. The van der Waals surface area contributed by atoms with Crippen LogP contribution < -0.4 is 27.3 Å². The van der Waals surface area contributed by atoms with Gasteiger partial charge in [-0.05, 0) is 83.9 Å². The van der Waals surface area contributed by atoms with Crippen LogP contribution in [0.3, 0.4) is 0 Å². The lowest BCUT2D eigenvalue weighted by atomic mass is 9.59. The maximum atomic E-state index is 2.48. The summed E-state index contributed by atoms with van der Waals surface area (Å²) in [4.78, 5) is 0. The zero-order valence-electron chi connectivity index (χ0n) is 28.0. The molecule has 9 rings (SSSR count). The van der Waals surface area contributed by atoms with Gasteiger partial charge in [-0.2, -0.15) is 0 Å². The van der Waals surface area contributed by atoms with Crippen LogP contribution in [-0.4, -0.2) is 39.2 Å². The number of hydrogen-bond acceptors (Lipinski definition) is 1. The van der Waals surface area contributed by atoms with E-state index < -0.39 is 0 Å². The second kappa shape index (κ2) is 11.1. The van der Waals surface area contributed by atoms with Gasteiger partial charge in [0.2, 0.25) is 0 Å². The average Bonchev–Trinajstić information content (AvgIpc) is 3.51. The third-order valence-electron chi connectivity index (χ3n) is 11.0. The first-order valence-corrected chi connectivity index (χ1v) is 17.7. The number of hydrogen-bond donors (Lipinski definition) is 0. The predicted molar refractivity (Wildman–Crippen MR) is 229 cm³/mol. The smallest absolute Gasteiger partial charge is 0.135 e. The Kier molecular flexibility index (Phi) is 6.75. The lowest BCUT2D eigenvalue weighted by molar-refractivity contribution is 1.68. The van der Waals surface area contributed by atoms with E-state index in [2.05, 4.69) is 167 Å². The van der Waals surface area contributed by atoms with E-state index in [9.17, 15) is 0 Å². The Balaban J connectivity index is 1.48. The molecule has 9 aromatic rings. The largest absolute Gasteiger partial charge is 0.139 e. The summed E-state index contributed by atoms with van der Waals surface area (Å²) in [6.07, 6.45) is 0. The molecule has 0 atom stereocenters. The molecule has 0 fully saturated rings.